The number of anilines is 1. The van der Waals surface area contributed by atoms with E-state index in [4.69, 9.17) is 28.9 Å². The van der Waals surface area contributed by atoms with Crippen molar-refractivity contribution >= 4 is 50.7 Å². The van der Waals surface area contributed by atoms with Gasteiger partial charge in [0.05, 0.1) is 10.6 Å². The van der Waals surface area contributed by atoms with Crippen molar-refractivity contribution in [1.82, 2.24) is 0 Å². The fraction of sp³-hybridized carbons (Fsp3) is 0.0714. The Labute approximate surface area is 135 Å². The fourth-order valence-electron chi connectivity index (χ4n) is 1.69. The van der Waals surface area contributed by atoms with Gasteiger partial charge in [-0.2, -0.15) is 0 Å². The number of carbonyl (C=O) groups is 1. The quantitative estimate of drug-likeness (QED) is 0.830. The van der Waals surface area contributed by atoms with Crippen LogP contribution in [-0.2, 0) is 6.54 Å². The second kappa shape index (κ2) is 6.48. The molecular formula is C14H11BrCl2N2O. The first-order chi connectivity index (χ1) is 9.47. The molecule has 20 heavy (non-hydrogen) atoms. The largest absolute Gasteiger partial charge is 0.381 e. The van der Waals surface area contributed by atoms with Crippen molar-refractivity contribution in [3.05, 3.63) is 62.0 Å². The molecule has 3 N–H and O–H groups in total. The van der Waals surface area contributed by atoms with Crippen LogP contribution in [0.15, 0.2) is 40.9 Å². The minimum absolute atomic E-state index is 0.290. The van der Waals surface area contributed by atoms with Crippen LogP contribution in [0, 0.1) is 0 Å². The van der Waals surface area contributed by atoms with Crippen LogP contribution in [0.1, 0.15) is 15.9 Å². The van der Waals surface area contributed by atoms with Gasteiger partial charge in [-0.15, -0.1) is 0 Å². The zero-order chi connectivity index (χ0) is 14.7. The molecule has 0 radical (unpaired) electrons. The number of benzene rings is 2. The smallest absolute Gasteiger partial charge is 0.250 e. The lowest BCUT2D eigenvalue weighted by Gasteiger charge is -2.10. The van der Waals surface area contributed by atoms with Crippen molar-refractivity contribution in [1.29, 1.82) is 0 Å². The zero-order valence-corrected chi connectivity index (χ0v) is 13.4. The standard InChI is InChI=1S/C14H11BrCl2N2O/c15-9-2-1-8(13(17)5-9)7-19-10-3-4-12(16)11(6-10)14(18)20/h1-6,19H,7H2,(H2,18,20). The average molecular weight is 374 g/mol. The molecule has 104 valence electrons. The number of carbonyl (C=O) groups excluding carboxylic acids is 1. The number of hydrogen-bond donors (Lipinski definition) is 2. The maximum atomic E-state index is 11.2. The summed E-state index contributed by atoms with van der Waals surface area (Å²) in [6.45, 7) is 0.534. The van der Waals surface area contributed by atoms with Gasteiger partial charge < -0.3 is 11.1 Å². The van der Waals surface area contributed by atoms with E-state index < -0.39 is 5.91 Å². The van der Waals surface area contributed by atoms with E-state index in [1.165, 1.54) is 0 Å². The summed E-state index contributed by atoms with van der Waals surface area (Å²) >= 11 is 15.4. The molecule has 3 nitrogen and oxygen atoms in total. The molecule has 0 unspecified atom stereocenters. The highest BCUT2D eigenvalue weighted by Gasteiger charge is 2.08. The lowest BCUT2D eigenvalue weighted by Crippen LogP contribution is -2.12. The summed E-state index contributed by atoms with van der Waals surface area (Å²) in [7, 11) is 0. The van der Waals surface area contributed by atoms with Crippen molar-refractivity contribution in [2.24, 2.45) is 5.73 Å². The first-order valence-corrected chi connectivity index (χ1v) is 7.29. The second-order valence-corrected chi connectivity index (χ2v) is 5.88. The third-order valence-corrected chi connectivity index (χ3v) is 3.90. The van der Waals surface area contributed by atoms with Gasteiger partial charge in [-0.05, 0) is 35.9 Å². The minimum atomic E-state index is -0.555. The Morgan fingerprint density at radius 2 is 1.90 bits per heavy atom. The Hall–Kier alpha value is -1.23. The van der Waals surface area contributed by atoms with Crippen molar-refractivity contribution in [3.8, 4) is 0 Å². The summed E-state index contributed by atoms with van der Waals surface area (Å²) in [5.74, 6) is -0.555. The third-order valence-electron chi connectivity index (χ3n) is 2.73. The highest BCUT2D eigenvalue weighted by molar-refractivity contribution is 9.10. The number of hydrogen-bond acceptors (Lipinski definition) is 2. The van der Waals surface area contributed by atoms with E-state index in [1.807, 2.05) is 18.2 Å². The van der Waals surface area contributed by atoms with E-state index in [2.05, 4.69) is 21.2 Å². The summed E-state index contributed by atoms with van der Waals surface area (Å²) in [6, 6.07) is 10.7. The summed E-state index contributed by atoms with van der Waals surface area (Å²) in [4.78, 5) is 11.2. The maximum Gasteiger partial charge on any atom is 0.250 e. The van der Waals surface area contributed by atoms with E-state index in [0.717, 1.165) is 15.7 Å². The molecule has 0 saturated heterocycles. The Bertz CT molecular complexity index is 662. The van der Waals surface area contributed by atoms with Crippen molar-refractivity contribution in [2.45, 2.75) is 6.54 Å². The van der Waals surface area contributed by atoms with Crippen LogP contribution in [0.3, 0.4) is 0 Å². The van der Waals surface area contributed by atoms with Crippen LogP contribution >= 0.6 is 39.1 Å². The molecule has 0 aliphatic rings. The van der Waals surface area contributed by atoms with E-state index in [-0.39, 0.29) is 0 Å². The van der Waals surface area contributed by atoms with Gasteiger partial charge in [-0.25, -0.2) is 0 Å². The van der Waals surface area contributed by atoms with Crippen LogP contribution < -0.4 is 11.1 Å². The average Bonchev–Trinajstić information content (AvgIpc) is 2.39. The van der Waals surface area contributed by atoms with Gasteiger partial charge in [0.15, 0.2) is 0 Å². The van der Waals surface area contributed by atoms with Gasteiger partial charge in [0.2, 0.25) is 5.91 Å². The van der Waals surface area contributed by atoms with Gasteiger partial charge in [0, 0.05) is 21.7 Å². The number of nitrogens with one attached hydrogen (secondary N) is 1. The van der Waals surface area contributed by atoms with E-state index >= 15 is 0 Å². The number of halogens is 3. The van der Waals surface area contributed by atoms with Crippen molar-refractivity contribution < 1.29 is 4.79 Å². The first kappa shape index (κ1) is 15.2. The molecule has 0 aliphatic heterocycles. The molecule has 2 aromatic carbocycles. The SMILES string of the molecule is NC(=O)c1cc(NCc2ccc(Br)cc2Cl)ccc1Cl. The monoisotopic (exact) mass is 372 g/mol. The highest BCUT2D eigenvalue weighted by atomic mass is 79.9. The summed E-state index contributed by atoms with van der Waals surface area (Å²) < 4.78 is 0.925. The lowest BCUT2D eigenvalue weighted by molar-refractivity contribution is 0.100. The first-order valence-electron chi connectivity index (χ1n) is 5.74. The molecule has 0 heterocycles. The molecule has 0 aromatic heterocycles. The van der Waals surface area contributed by atoms with Crippen LogP contribution in [-0.4, -0.2) is 5.91 Å². The summed E-state index contributed by atoms with van der Waals surface area (Å²) in [5, 5.41) is 4.18. The van der Waals surface area contributed by atoms with E-state index in [9.17, 15) is 4.79 Å². The van der Waals surface area contributed by atoms with Crippen LogP contribution in [0.5, 0.6) is 0 Å². The predicted octanol–water partition coefficient (Wildman–Crippen LogP) is 4.47. The van der Waals surface area contributed by atoms with Gasteiger partial charge in [-0.1, -0.05) is 45.2 Å². The molecule has 6 heteroatoms. The van der Waals surface area contributed by atoms with E-state index in [0.29, 0.717) is 22.2 Å². The predicted molar refractivity (Wildman–Crippen MR) is 86.4 cm³/mol. The zero-order valence-electron chi connectivity index (χ0n) is 10.3. The molecule has 2 rings (SSSR count). The molecule has 2 aromatic rings. The van der Waals surface area contributed by atoms with Gasteiger partial charge in [0.25, 0.3) is 0 Å². The van der Waals surface area contributed by atoms with Gasteiger partial charge in [-0.3, -0.25) is 4.79 Å². The molecule has 0 bridgehead atoms. The molecule has 0 spiro atoms. The minimum Gasteiger partial charge on any atom is -0.381 e. The van der Waals surface area contributed by atoms with Crippen LogP contribution in [0.2, 0.25) is 10.0 Å². The molecule has 0 atom stereocenters. The summed E-state index contributed by atoms with van der Waals surface area (Å²) in [5.41, 5.74) is 7.25. The molecule has 1 amide bonds. The summed E-state index contributed by atoms with van der Waals surface area (Å²) in [6.07, 6.45) is 0. The van der Waals surface area contributed by atoms with E-state index in [1.54, 1.807) is 18.2 Å². The number of primary amides is 1. The Morgan fingerprint density at radius 3 is 2.55 bits per heavy atom. The highest BCUT2D eigenvalue weighted by Crippen LogP contribution is 2.24. The number of rotatable bonds is 4. The molecule has 0 saturated carbocycles. The van der Waals surface area contributed by atoms with Gasteiger partial charge >= 0.3 is 0 Å². The molecular weight excluding hydrogens is 363 g/mol. The second-order valence-electron chi connectivity index (χ2n) is 4.15. The topological polar surface area (TPSA) is 55.1 Å². The maximum absolute atomic E-state index is 11.2. The normalized spacial score (nSPS) is 10.3. The number of amides is 1. The van der Waals surface area contributed by atoms with Crippen LogP contribution in [0.4, 0.5) is 5.69 Å². The fourth-order valence-corrected chi connectivity index (χ4v) is 2.64. The Kier molecular flexibility index (Phi) is 4.91. The molecule has 0 fully saturated rings. The van der Waals surface area contributed by atoms with Gasteiger partial charge in [0.1, 0.15) is 0 Å². The Balaban J connectivity index is 2.15. The van der Waals surface area contributed by atoms with Crippen LogP contribution in [0.25, 0.3) is 0 Å². The van der Waals surface area contributed by atoms with Crippen molar-refractivity contribution in [3.63, 3.8) is 0 Å². The third kappa shape index (κ3) is 3.66. The van der Waals surface area contributed by atoms with Crippen molar-refractivity contribution in [2.75, 3.05) is 5.32 Å². The lowest BCUT2D eigenvalue weighted by atomic mass is 10.1. The molecule has 0 aliphatic carbocycles. The Morgan fingerprint density at radius 1 is 1.15 bits per heavy atom. The number of nitrogens with two attached hydrogens (primary N) is 1.